The molecule has 1 aliphatic heterocycles. The maximum Gasteiger partial charge on any atom is 0.249 e. The van der Waals surface area contributed by atoms with Gasteiger partial charge in [-0.3, -0.25) is 4.79 Å². The van der Waals surface area contributed by atoms with Crippen LogP contribution in [0.25, 0.3) is 0 Å². The highest BCUT2D eigenvalue weighted by molar-refractivity contribution is 5.80. The molecule has 0 aromatic carbocycles. The summed E-state index contributed by atoms with van der Waals surface area (Å²) in [5, 5.41) is 2.95. The van der Waals surface area contributed by atoms with Gasteiger partial charge in [-0.15, -0.1) is 0 Å². The smallest absolute Gasteiger partial charge is 0.249 e. The number of ether oxygens (including phenoxy) is 1. The lowest BCUT2D eigenvalue weighted by atomic mass is 10.3. The molecule has 1 N–H and O–H groups in total. The van der Waals surface area contributed by atoms with Gasteiger partial charge in [0.1, 0.15) is 6.10 Å². The van der Waals surface area contributed by atoms with E-state index < -0.39 is 0 Å². The third kappa shape index (κ3) is 4.18. The Kier molecular flexibility index (Phi) is 5.05. The zero-order valence-electron chi connectivity index (χ0n) is 9.95. The standard InChI is InChI=1S/C11H22N2O2/c1-9(8-13-6-4-5-7-13)12-11(14)10(2)15-3/h9-10H,4-8H2,1-3H3,(H,12,14). The monoisotopic (exact) mass is 214 g/mol. The summed E-state index contributed by atoms with van der Waals surface area (Å²) in [7, 11) is 1.55. The maximum absolute atomic E-state index is 11.5. The van der Waals surface area contributed by atoms with Crippen LogP contribution >= 0.6 is 0 Å². The van der Waals surface area contributed by atoms with E-state index in [0.29, 0.717) is 0 Å². The van der Waals surface area contributed by atoms with Crippen molar-refractivity contribution in [2.45, 2.75) is 38.8 Å². The molecule has 1 heterocycles. The highest BCUT2D eigenvalue weighted by Gasteiger charge is 2.18. The van der Waals surface area contributed by atoms with Crippen molar-refractivity contribution in [3.8, 4) is 0 Å². The van der Waals surface area contributed by atoms with E-state index >= 15 is 0 Å². The Morgan fingerprint density at radius 1 is 1.40 bits per heavy atom. The van der Waals surface area contributed by atoms with Crippen molar-refractivity contribution < 1.29 is 9.53 Å². The molecule has 0 aromatic heterocycles. The number of methoxy groups -OCH3 is 1. The van der Waals surface area contributed by atoms with E-state index in [1.54, 1.807) is 14.0 Å². The van der Waals surface area contributed by atoms with Crippen LogP contribution in [0.3, 0.4) is 0 Å². The molecule has 4 heteroatoms. The number of rotatable bonds is 5. The zero-order valence-corrected chi connectivity index (χ0v) is 9.95. The molecular weight excluding hydrogens is 192 g/mol. The van der Waals surface area contributed by atoms with Crippen LogP contribution in [0.1, 0.15) is 26.7 Å². The van der Waals surface area contributed by atoms with Crippen LogP contribution in [0.15, 0.2) is 0 Å². The lowest BCUT2D eigenvalue weighted by Crippen LogP contribution is -2.44. The minimum absolute atomic E-state index is 0.0239. The third-order valence-electron chi connectivity index (χ3n) is 2.84. The van der Waals surface area contributed by atoms with Gasteiger partial charge in [0.25, 0.3) is 0 Å². The number of carbonyl (C=O) groups is 1. The van der Waals surface area contributed by atoms with Crippen molar-refractivity contribution in [3.63, 3.8) is 0 Å². The summed E-state index contributed by atoms with van der Waals surface area (Å²) in [5.74, 6) is -0.0239. The Bertz CT molecular complexity index is 203. The molecule has 1 fully saturated rings. The average molecular weight is 214 g/mol. The summed E-state index contributed by atoms with van der Waals surface area (Å²) < 4.78 is 4.96. The van der Waals surface area contributed by atoms with Crippen LogP contribution in [0, 0.1) is 0 Å². The second-order valence-electron chi connectivity index (χ2n) is 4.30. The Morgan fingerprint density at radius 3 is 2.53 bits per heavy atom. The molecule has 1 amide bonds. The number of hydrogen-bond acceptors (Lipinski definition) is 3. The van der Waals surface area contributed by atoms with E-state index in [0.717, 1.165) is 6.54 Å². The van der Waals surface area contributed by atoms with Gasteiger partial charge in [-0.25, -0.2) is 0 Å². The second kappa shape index (κ2) is 6.08. The minimum Gasteiger partial charge on any atom is -0.372 e. The fraction of sp³-hybridized carbons (Fsp3) is 0.909. The van der Waals surface area contributed by atoms with Gasteiger partial charge in [0.05, 0.1) is 0 Å². The van der Waals surface area contributed by atoms with E-state index in [9.17, 15) is 4.79 Å². The predicted octanol–water partition coefficient (Wildman–Crippen LogP) is 0.622. The van der Waals surface area contributed by atoms with Gasteiger partial charge in [-0.05, 0) is 39.8 Å². The van der Waals surface area contributed by atoms with Crippen LogP contribution in [0.2, 0.25) is 0 Å². The number of nitrogens with zero attached hydrogens (tertiary/aromatic N) is 1. The number of amides is 1. The molecule has 1 aliphatic rings. The lowest BCUT2D eigenvalue weighted by molar-refractivity contribution is -0.130. The van der Waals surface area contributed by atoms with Gasteiger partial charge in [0.15, 0.2) is 0 Å². The zero-order chi connectivity index (χ0) is 11.3. The Labute approximate surface area is 92.0 Å². The first-order valence-electron chi connectivity index (χ1n) is 5.69. The highest BCUT2D eigenvalue weighted by Crippen LogP contribution is 2.07. The molecule has 0 spiro atoms. The summed E-state index contributed by atoms with van der Waals surface area (Å²) in [6.07, 6.45) is 2.22. The largest absolute Gasteiger partial charge is 0.372 e. The van der Waals surface area contributed by atoms with Gasteiger partial charge in [0.2, 0.25) is 5.91 Å². The molecule has 0 radical (unpaired) electrons. The maximum atomic E-state index is 11.5. The van der Waals surface area contributed by atoms with Crippen LogP contribution in [0.4, 0.5) is 0 Å². The van der Waals surface area contributed by atoms with Crippen molar-refractivity contribution in [3.05, 3.63) is 0 Å². The van der Waals surface area contributed by atoms with Crippen molar-refractivity contribution >= 4 is 5.91 Å². The molecular formula is C11H22N2O2. The Morgan fingerprint density at radius 2 is 2.00 bits per heavy atom. The molecule has 1 saturated heterocycles. The highest BCUT2D eigenvalue weighted by atomic mass is 16.5. The molecule has 2 atom stereocenters. The lowest BCUT2D eigenvalue weighted by Gasteiger charge is -2.22. The third-order valence-corrected chi connectivity index (χ3v) is 2.84. The van der Waals surface area contributed by atoms with Crippen LogP contribution in [-0.2, 0) is 9.53 Å². The van der Waals surface area contributed by atoms with Crippen molar-refractivity contribution in [1.29, 1.82) is 0 Å². The quantitative estimate of drug-likeness (QED) is 0.729. The van der Waals surface area contributed by atoms with Gasteiger partial charge in [-0.2, -0.15) is 0 Å². The molecule has 0 bridgehead atoms. The topological polar surface area (TPSA) is 41.6 Å². The minimum atomic E-state index is -0.356. The van der Waals surface area contributed by atoms with Crippen molar-refractivity contribution in [2.75, 3.05) is 26.7 Å². The molecule has 88 valence electrons. The fourth-order valence-electron chi connectivity index (χ4n) is 1.87. The van der Waals surface area contributed by atoms with E-state index in [2.05, 4.69) is 10.2 Å². The summed E-state index contributed by atoms with van der Waals surface area (Å²) >= 11 is 0. The first kappa shape index (κ1) is 12.5. The van der Waals surface area contributed by atoms with Gasteiger partial charge in [-0.1, -0.05) is 0 Å². The van der Waals surface area contributed by atoms with Crippen LogP contribution < -0.4 is 5.32 Å². The Hall–Kier alpha value is -0.610. The molecule has 0 saturated carbocycles. The van der Waals surface area contributed by atoms with Gasteiger partial charge < -0.3 is 15.0 Å². The molecule has 4 nitrogen and oxygen atoms in total. The summed E-state index contributed by atoms with van der Waals surface area (Å²) in [6.45, 7) is 7.08. The number of likely N-dealkylation sites (tertiary alicyclic amines) is 1. The normalized spacial score (nSPS) is 21.3. The summed E-state index contributed by atoms with van der Waals surface area (Å²) in [4.78, 5) is 13.9. The molecule has 15 heavy (non-hydrogen) atoms. The molecule has 0 aromatic rings. The molecule has 1 rings (SSSR count). The predicted molar refractivity (Wildman–Crippen MR) is 59.7 cm³/mol. The summed E-state index contributed by atoms with van der Waals surface area (Å²) in [5.41, 5.74) is 0. The average Bonchev–Trinajstić information content (AvgIpc) is 2.68. The van der Waals surface area contributed by atoms with Crippen molar-refractivity contribution in [2.24, 2.45) is 0 Å². The van der Waals surface area contributed by atoms with Crippen LogP contribution in [-0.4, -0.2) is 49.7 Å². The SMILES string of the molecule is COC(C)C(=O)NC(C)CN1CCCC1. The molecule has 2 unspecified atom stereocenters. The van der Waals surface area contributed by atoms with Gasteiger partial charge >= 0.3 is 0 Å². The molecule has 0 aliphatic carbocycles. The van der Waals surface area contributed by atoms with E-state index in [-0.39, 0.29) is 18.1 Å². The summed E-state index contributed by atoms with van der Waals surface area (Å²) in [6, 6.07) is 0.202. The first-order valence-corrected chi connectivity index (χ1v) is 5.69. The number of hydrogen-bond donors (Lipinski definition) is 1. The van der Waals surface area contributed by atoms with E-state index in [1.165, 1.54) is 25.9 Å². The van der Waals surface area contributed by atoms with E-state index in [4.69, 9.17) is 4.74 Å². The Balaban J connectivity index is 2.22. The first-order chi connectivity index (χ1) is 7.13. The number of carbonyl (C=O) groups excluding carboxylic acids is 1. The van der Waals surface area contributed by atoms with Crippen LogP contribution in [0.5, 0.6) is 0 Å². The van der Waals surface area contributed by atoms with Crippen molar-refractivity contribution in [1.82, 2.24) is 10.2 Å². The number of nitrogens with one attached hydrogen (secondary N) is 1. The second-order valence-corrected chi connectivity index (χ2v) is 4.30. The fourth-order valence-corrected chi connectivity index (χ4v) is 1.87. The van der Waals surface area contributed by atoms with Gasteiger partial charge in [0, 0.05) is 19.7 Å². The van der Waals surface area contributed by atoms with E-state index in [1.807, 2.05) is 6.92 Å².